The Morgan fingerprint density at radius 3 is 1.72 bits per heavy atom. The normalized spacial score (nSPS) is 14.2. The molecule has 0 fully saturated rings. The fourth-order valence-corrected chi connectivity index (χ4v) is 3.01. The Hall–Kier alpha value is -0.0400. The van der Waals surface area contributed by atoms with Crippen molar-refractivity contribution in [3.63, 3.8) is 0 Å². The van der Waals surface area contributed by atoms with Gasteiger partial charge in [0.25, 0.3) is 0 Å². The van der Waals surface area contributed by atoms with Crippen molar-refractivity contribution in [2.45, 2.75) is 104 Å². The third-order valence-corrected chi connectivity index (χ3v) is 4.42. The predicted octanol–water partition coefficient (Wildman–Crippen LogP) is 5.64. The molecular formula is C17H37N. The van der Waals surface area contributed by atoms with Crippen molar-refractivity contribution in [1.82, 2.24) is 4.90 Å². The molecule has 0 aromatic heterocycles. The highest BCUT2D eigenvalue weighted by Gasteiger charge is 2.32. The summed E-state index contributed by atoms with van der Waals surface area (Å²) in [6, 6.07) is 0.726. The Labute approximate surface area is 116 Å². The van der Waals surface area contributed by atoms with E-state index in [4.69, 9.17) is 0 Å². The lowest BCUT2D eigenvalue weighted by Crippen LogP contribution is -2.51. The minimum atomic E-state index is 0.428. The van der Waals surface area contributed by atoms with Crippen molar-refractivity contribution < 1.29 is 0 Å². The van der Waals surface area contributed by atoms with Gasteiger partial charge in [0.2, 0.25) is 0 Å². The molecule has 1 unspecified atom stereocenters. The van der Waals surface area contributed by atoms with E-state index in [0.29, 0.717) is 5.54 Å². The van der Waals surface area contributed by atoms with Gasteiger partial charge in [-0.2, -0.15) is 0 Å². The van der Waals surface area contributed by atoms with Crippen LogP contribution in [0.15, 0.2) is 0 Å². The van der Waals surface area contributed by atoms with E-state index in [1.54, 1.807) is 0 Å². The minimum Gasteiger partial charge on any atom is -0.295 e. The van der Waals surface area contributed by atoms with E-state index in [0.717, 1.165) is 6.04 Å². The summed E-state index contributed by atoms with van der Waals surface area (Å²) in [7, 11) is 0. The average molecular weight is 255 g/mol. The van der Waals surface area contributed by atoms with E-state index >= 15 is 0 Å². The van der Waals surface area contributed by atoms with Gasteiger partial charge in [-0.15, -0.1) is 0 Å². The Kier molecular flexibility index (Phi) is 9.81. The molecule has 0 N–H and O–H groups in total. The van der Waals surface area contributed by atoms with Crippen LogP contribution in [0.2, 0.25) is 0 Å². The summed E-state index contributed by atoms with van der Waals surface area (Å²) in [5, 5.41) is 0. The van der Waals surface area contributed by atoms with Crippen molar-refractivity contribution in [3.8, 4) is 0 Å². The van der Waals surface area contributed by atoms with E-state index < -0.39 is 0 Å². The molecule has 0 aromatic carbocycles. The molecule has 18 heavy (non-hydrogen) atoms. The monoisotopic (exact) mass is 255 g/mol. The largest absolute Gasteiger partial charge is 0.295 e. The van der Waals surface area contributed by atoms with Crippen LogP contribution in [-0.4, -0.2) is 23.0 Å². The number of hydrogen-bond acceptors (Lipinski definition) is 1. The van der Waals surface area contributed by atoms with E-state index in [1.807, 2.05) is 0 Å². The van der Waals surface area contributed by atoms with Crippen LogP contribution < -0.4 is 0 Å². The average Bonchev–Trinajstić information content (AvgIpc) is 2.39. The fraction of sp³-hybridized carbons (Fsp3) is 1.00. The van der Waals surface area contributed by atoms with Crippen LogP contribution in [0.25, 0.3) is 0 Å². The smallest absolute Gasteiger partial charge is 0.0184 e. The predicted molar refractivity (Wildman–Crippen MR) is 84.2 cm³/mol. The maximum atomic E-state index is 2.80. The van der Waals surface area contributed by atoms with Crippen LogP contribution >= 0.6 is 0 Å². The molecule has 0 saturated carbocycles. The van der Waals surface area contributed by atoms with Gasteiger partial charge in [-0.3, -0.25) is 4.90 Å². The molecule has 1 atom stereocenters. The summed E-state index contributed by atoms with van der Waals surface area (Å²) >= 11 is 0. The van der Waals surface area contributed by atoms with Crippen LogP contribution in [0.3, 0.4) is 0 Å². The highest BCUT2D eigenvalue weighted by molar-refractivity contribution is 4.88. The Balaban J connectivity index is 4.81. The highest BCUT2D eigenvalue weighted by Crippen LogP contribution is 2.31. The van der Waals surface area contributed by atoms with E-state index in [1.165, 1.54) is 57.9 Å². The number of rotatable bonds is 11. The third-order valence-electron chi connectivity index (χ3n) is 4.42. The van der Waals surface area contributed by atoms with Crippen molar-refractivity contribution >= 4 is 0 Å². The minimum absolute atomic E-state index is 0.428. The van der Waals surface area contributed by atoms with Gasteiger partial charge in [-0.25, -0.2) is 0 Å². The molecule has 0 saturated heterocycles. The van der Waals surface area contributed by atoms with Crippen LogP contribution in [-0.2, 0) is 0 Å². The lowest BCUT2D eigenvalue weighted by atomic mass is 9.85. The first-order valence-corrected chi connectivity index (χ1v) is 8.32. The first-order chi connectivity index (χ1) is 8.55. The van der Waals surface area contributed by atoms with Crippen molar-refractivity contribution in [2.75, 3.05) is 6.54 Å². The molecular weight excluding hydrogens is 218 g/mol. The van der Waals surface area contributed by atoms with Gasteiger partial charge in [0.1, 0.15) is 0 Å². The van der Waals surface area contributed by atoms with Crippen LogP contribution in [0.1, 0.15) is 92.9 Å². The van der Waals surface area contributed by atoms with Gasteiger partial charge in [-0.05, 0) is 46.1 Å². The van der Waals surface area contributed by atoms with Gasteiger partial charge >= 0.3 is 0 Å². The van der Waals surface area contributed by atoms with E-state index in [2.05, 4.69) is 46.4 Å². The fourth-order valence-electron chi connectivity index (χ4n) is 3.01. The topological polar surface area (TPSA) is 3.24 Å². The zero-order valence-corrected chi connectivity index (χ0v) is 13.9. The second-order valence-electron chi connectivity index (χ2n) is 6.15. The Morgan fingerprint density at radius 1 is 0.889 bits per heavy atom. The summed E-state index contributed by atoms with van der Waals surface area (Å²) in [6.07, 6.45) is 10.7. The van der Waals surface area contributed by atoms with Gasteiger partial charge < -0.3 is 0 Å². The Bertz CT molecular complexity index is 180. The quantitative estimate of drug-likeness (QED) is 0.462. The van der Waals surface area contributed by atoms with E-state index in [9.17, 15) is 0 Å². The summed E-state index contributed by atoms with van der Waals surface area (Å²) in [5.41, 5.74) is 0.428. The second-order valence-corrected chi connectivity index (χ2v) is 6.15. The Morgan fingerprint density at radius 2 is 1.39 bits per heavy atom. The molecule has 110 valence electrons. The number of unbranched alkanes of at least 4 members (excludes halogenated alkanes) is 2. The van der Waals surface area contributed by atoms with Gasteiger partial charge in [-0.1, -0.05) is 53.4 Å². The number of nitrogens with zero attached hydrogens (tertiary/aromatic N) is 1. The standard InChI is InChI=1S/C17H37N/c1-7-11-13-17(6,14-12-8-2)18(15-9-3)16(5)10-4/h16H,7-15H2,1-6H3. The molecule has 0 heterocycles. The van der Waals surface area contributed by atoms with Gasteiger partial charge in [0, 0.05) is 11.6 Å². The lowest BCUT2D eigenvalue weighted by molar-refractivity contribution is 0.0422. The molecule has 0 amide bonds. The van der Waals surface area contributed by atoms with Crippen LogP contribution in [0.5, 0.6) is 0 Å². The summed E-state index contributed by atoms with van der Waals surface area (Å²) in [6.45, 7) is 15.5. The maximum Gasteiger partial charge on any atom is 0.0184 e. The third kappa shape index (κ3) is 5.73. The molecule has 0 aliphatic carbocycles. The van der Waals surface area contributed by atoms with Crippen molar-refractivity contribution in [2.24, 2.45) is 0 Å². The molecule has 0 spiro atoms. The molecule has 1 nitrogen and oxygen atoms in total. The first kappa shape index (κ1) is 18.0. The van der Waals surface area contributed by atoms with E-state index in [-0.39, 0.29) is 0 Å². The molecule has 0 bridgehead atoms. The van der Waals surface area contributed by atoms with Crippen molar-refractivity contribution in [1.29, 1.82) is 0 Å². The van der Waals surface area contributed by atoms with Gasteiger partial charge in [0.15, 0.2) is 0 Å². The van der Waals surface area contributed by atoms with Gasteiger partial charge in [0.05, 0.1) is 0 Å². The summed E-state index contributed by atoms with van der Waals surface area (Å²) in [5.74, 6) is 0. The highest BCUT2D eigenvalue weighted by atomic mass is 15.2. The maximum absolute atomic E-state index is 2.80. The zero-order chi connectivity index (χ0) is 14.0. The summed E-state index contributed by atoms with van der Waals surface area (Å²) < 4.78 is 0. The lowest BCUT2D eigenvalue weighted by Gasteiger charge is -2.45. The zero-order valence-electron chi connectivity index (χ0n) is 13.9. The molecule has 0 aromatic rings. The molecule has 0 radical (unpaired) electrons. The SMILES string of the molecule is CCCCC(C)(CCCC)N(CCC)C(C)CC. The molecule has 0 aliphatic rings. The van der Waals surface area contributed by atoms with Crippen LogP contribution in [0.4, 0.5) is 0 Å². The summed E-state index contributed by atoms with van der Waals surface area (Å²) in [4.78, 5) is 2.80. The number of hydrogen-bond donors (Lipinski definition) is 0. The molecule has 1 heteroatoms. The second kappa shape index (κ2) is 9.83. The molecule has 0 aliphatic heterocycles. The van der Waals surface area contributed by atoms with Crippen LogP contribution in [0, 0.1) is 0 Å². The first-order valence-electron chi connectivity index (χ1n) is 8.32. The van der Waals surface area contributed by atoms with Crippen molar-refractivity contribution in [3.05, 3.63) is 0 Å². The molecule has 0 rings (SSSR count).